The Hall–Kier alpha value is -2.23. The first-order valence-electron chi connectivity index (χ1n) is 6.18. The lowest BCUT2D eigenvalue weighted by atomic mass is 10.0. The van der Waals surface area contributed by atoms with Crippen LogP contribution >= 0.6 is 0 Å². The van der Waals surface area contributed by atoms with Crippen molar-refractivity contribution in [1.29, 1.82) is 0 Å². The average molecular weight is 256 g/mol. The largest absolute Gasteiger partial charge is 0.492 e. The van der Waals surface area contributed by atoms with E-state index in [0.717, 1.165) is 11.4 Å². The molecule has 4 nitrogen and oxygen atoms in total. The Morgan fingerprint density at radius 2 is 2.05 bits per heavy atom. The lowest BCUT2D eigenvalue weighted by Crippen LogP contribution is -2.06. The van der Waals surface area contributed by atoms with E-state index in [1.807, 2.05) is 26.8 Å². The van der Waals surface area contributed by atoms with Gasteiger partial charge in [0.25, 0.3) is 0 Å². The number of rotatable bonds is 4. The second kappa shape index (κ2) is 5.61. The lowest BCUT2D eigenvalue weighted by molar-refractivity contribution is 0.103. The van der Waals surface area contributed by atoms with E-state index >= 15 is 0 Å². The smallest absolute Gasteiger partial charge is 0.196 e. The molecule has 0 atom stereocenters. The molecule has 0 N–H and O–H groups in total. The summed E-state index contributed by atoms with van der Waals surface area (Å²) in [6.45, 7) is 6.17. The molecule has 0 fully saturated rings. The summed E-state index contributed by atoms with van der Waals surface area (Å²) in [6.07, 6.45) is 3.14. The van der Waals surface area contributed by atoms with Crippen molar-refractivity contribution in [3.8, 4) is 5.75 Å². The molecule has 2 aromatic rings. The summed E-state index contributed by atoms with van der Waals surface area (Å²) in [5.41, 5.74) is 2.74. The standard InChI is InChI=1S/C15H16N2O2/c1-4-19-13-7-12(8-16-9-13)15(18)14-6-5-10(2)17-11(14)3/h5-9H,4H2,1-3H3. The zero-order chi connectivity index (χ0) is 13.8. The summed E-state index contributed by atoms with van der Waals surface area (Å²) < 4.78 is 5.35. The molecule has 2 aromatic heterocycles. The molecule has 2 heterocycles. The quantitative estimate of drug-likeness (QED) is 0.789. The first-order valence-corrected chi connectivity index (χ1v) is 6.18. The van der Waals surface area contributed by atoms with Crippen LogP contribution in [-0.4, -0.2) is 22.4 Å². The monoisotopic (exact) mass is 256 g/mol. The van der Waals surface area contributed by atoms with Crippen molar-refractivity contribution < 1.29 is 9.53 Å². The molecule has 98 valence electrons. The van der Waals surface area contributed by atoms with Crippen LogP contribution in [0.1, 0.15) is 34.2 Å². The molecule has 0 aliphatic carbocycles. The minimum absolute atomic E-state index is 0.0842. The Balaban J connectivity index is 2.35. The van der Waals surface area contributed by atoms with Crippen LogP contribution in [0.15, 0.2) is 30.6 Å². The van der Waals surface area contributed by atoms with E-state index in [1.54, 1.807) is 24.5 Å². The van der Waals surface area contributed by atoms with Crippen molar-refractivity contribution in [3.05, 3.63) is 53.1 Å². The van der Waals surface area contributed by atoms with Crippen LogP contribution in [0.5, 0.6) is 5.75 Å². The van der Waals surface area contributed by atoms with Crippen molar-refractivity contribution in [2.45, 2.75) is 20.8 Å². The highest BCUT2D eigenvalue weighted by atomic mass is 16.5. The van der Waals surface area contributed by atoms with Gasteiger partial charge in [-0.15, -0.1) is 0 Å². The molecule has 0 unspecified atom stereocenters. The third-order valence-corrected chi connectivity index (χ3v) is 2.76. The number of nitrogens with zero attached hydrogens (tertiary/aromatic N) is 2. The molecule has 0 saturated heterocycles. The first-order chi connectivity index (χ1) is 9.11. The minimum Gasteiger partial charge on any atom is -0.492 e. The Morgan fingerprint density at radius 3 is 2.74 bits per heavy atom. The fourth-order valence-corrected chi connectivity index (χ4v) is 1.87. The fraction of sp³-hybridized carbons (Fsp3) is 0.267. The molecular weight excluding hydrogens is 240 g/mol. The van der Waals surface area contributed by atoms with Gasteiger partial charge in [-0.05, 0) is 39.0 Å². The molecule has 0 bridgehead atoms. The van der Waals surface area contributed by atoms with Crippen molar-refractivity contribution in [3.63, 3.8) is 0 Å². The summed E-state index contributed by atoms with van der Waals surface area (Å²) >= 11 is 0. The zero-order valence-electron chi connectivity index (χ0n) is 11.3. The zero-order valence-corrected chi connectivity index (χ0v) is 11.3. The number of pyridine rings is 2. The van der Waals surface area contributed by atoms with Gasteiger partial charge in [0.1, 0.15) is 5.75 Å². The van der Waals surface area contributed by atoms with Crippen LogP contribution in [0.25, 0.3) is 0 Å². The molecule has 0 aliphatic rings. The molecule has 0 spiro atoms. The number of carbonyl (C=O) groups is 1. The van der Waals surface area contributed by atoms with Gasteiger partial charge in [-0.25, -0.2) is 0 Å². The molecular formula is C15H16N2O2. The molecule has 2 rings (SSSR count). The molecule has 0 aliphatic heterocycles. The van der Waals surface area contributed by atoms with Crippen LogP contribution in [0.4, 0.5) is 0 Å². The van der Waals surface area contributed by atoms with Crippen LogP contribution in [0, 0.1) is 13.8 Å². The lowest BCUT2D eigenvalue weighted by Gasteiger charge is -2.07. The van der Waals surface area contributed by atoms with Crippen LogP contribution in [0.3, 0.4) is 0 Å². The predicted molar refractivity (Wildman–Crippen MR) is 72.5 cm³/mol. The van der Waals surface area contributed by atoms with Gasteiger partial charge < -0.3 is 4.74 Å². The maximum atomic E-state index is 12.4. The maximum Gasteiger partial charge on any atom is 0.196 e. The molecule has 0 radical (unpaired) electrons. The van der Waals surface area contributed by atoms with Gasteiger partial charge in [-0.2, -0.15) is 0 Å². The van der Waals surface area contributed by atoms with E-state index in [1.165, 1.54) is 0 Å². The van der Waals surface area contributed by atoms with Gasteiger partial charge >= 0.3 is 0 Å². The number of ketones is 1. The third kappa shape index (κ3) is 2.96. The highest BCUT2D eigenvalue weighted by molar-refractivity contribution is 6.09. The van der Waals surface area contributed by atoms with E-state index in [-0.39, 0.29) is 5.78 Å². The van der Waals surface area contributed by atoms with Crippen molar-refractivity contribution in [1.82, 2.24) is 9.97 Å². The highest BCUT2D eigenvalue weighted by Crippen LogP contribution is 2.17. The van der Waals surface area contributed by atoms with Gasteiger partial charge in [-0.1, -0.05) is 0 Å². The SMILES string of the molecule is CCOc1cncc(C(=O)c2ccc(C)nc2C)c1. The molecule has 0 saturated carbocycles. The molecule has 0 aromatic carbocycles. The number of aryl methyl sites for hydroxylation is 2. The van der Waals surface area contributed by atoms with E-state index in [4.69, 9.17) is 4.74 Å². The number of aromatic nitrogens is 2. The number of carbonyl (C=O) groups excluding carboxylic acids is 1. The van der Waals surface area contributed by atoms with Gasteiger partial charge in [0.05, 0.1) is 12.8 Å². The number of hydrogen-bond acceptors (Lipinski definition) is 4. The molecule has 19 heavy (non-hydrogen) atoms. The van der Waals surface area contributed by atoms with Gasteiger partial charge in [0.15, 0.2) is 5.78 Å². The Labute approximate surface area is 112 Å². The average Bonchev–Trinajstić information content (AvgIpc) is 2.39. The van der Waals surface area contributed by atoms with E-state index in [9.17, 15) is 4.79 Å². The predicted octanol–water partition coefficient (Wildman–Crippen LogP) is 2.72. The number of ether oxygens (including phenoxy) is 1. The van der Waals surface area contributed by atoms with Crippen molar-refractivity contribution in [2.24, 2.45) is 0 Å². The Kier molecular flexibility index (Phi) is 3.90. The number of hydrogen-bond donors (Lipinski definition) is 0. The normalized spacial score (nSPS) is 10.3. The van der Waals surface area contributed by atoms with E-state index in [2.05, 4.69) is 9.97 Å². The summed E-state index contributed by atoms with van der Waals surface area (Å²) in [5, 5.41) is 0. The van der Waals surface area contributed by atoms with Crippen LogP contribution < -0.4 is 4.74 Å². The summed E-state index contributed by atoms with van der Waals surface area (Å²) in [5.74, 6) is 0.519. The van der Waals surface area contributed by atoms with E-state index in [0.29, 0.717) is 23.5 Å². The van der Waals surface area contributed by atoms with Gasteiger partial charge in [-0.3, -0.25) is 14.8 Å². The second-order valence-electron chi connectivity index (χ2n) is 4.26. The van der Waals surface area contributed by atoms with Crippen molar-refractivity contribution in [2.75, 3.05) is 6.61 Å². The topological polar surface area (TPSA) is 52.1 Å². The summed E-state index contributed by atoms with van der Waals surface area (Å²) in [6, 6.07) is 5.34. The summed E-state index contributed by atoms with van der Waals surface area (Å²) in [4.78, 5) is 20.7. The Morgan fingerprint density at radius 1 is 1.26 bits per heavy atom. The third-order valence-electron chi connectivity index (χ3n) is 2.76. The highest BCUT2D eigenvalue weighted by Gasteiger charge is 2.13. The maximum absolute atomic E-state index is 12.4. The van der Waals surface area contributed by atoms with Crippen LogP contribution in [0.2, 0.25) is 0 Å². The Bertz CT molecular complexity index is 609. The molecule has 0 amide bonds. The van der Waals surface area contributed by atoms with Crippen molar-refractivity contribution >= 4 is 5.78 Å². The van der Waals surface area contributed by atoms with Crippen LogP contribution in [-0.2, 0) is 0 Å². The fourth-order valence-electron chi connectivity index (χ4n) is 1.87. The van der Waals surface area contributed by atoms with Gasteiger partial charge in [0, 0.05) is 28.7 Å². The minimum atomic E-state index is -0.0842. The van der Waals surface area contributed by atoms with E-state index < -0.39 is 0 Å². The first kappa shape index (κ1) is 13.2. The second-order valence-corrected chi connectivity index (χ2v) is 4.26. The summed E-state index contributed by atoms with van der Waals surface area (Å²) in [7, 11) is 0. The molecule has 4 heteroatoms. The van der Waals surface area contributed by atoms with Gasteiger partial charge in [0.2, 0.25) is 0 Å².